The van der Waals surface area contributed by atoms with Crippen LogP contribution in [0.2, 0.25) is 0 Å². The fourth-order valence-electron chi connectivity index (χ4n) is 4.00. The molecule has 0 unspecified atom stereocenters. The molecule has 0 aliphatic carbocycles. The van der Waals surface area contributed by atoms with Gasteiger partial charge in [0.15, 0.2) is 0 Å². The first kappa shape index (κ1) is 21.3. The normalized spacial score (nSPS) is 15.3. The molecule has 4 heterocycles. The first-order valence-corrected chi connectivity index (χ1v) is 10.5. The first-order valence-electron chi connectivity index (χ1n) is 10.5. The van der Waals surface area contributed by atoms with Crippen LogP contribution in [0.1, 0.15) is 36.4 Å². The van der Waals surface area contributed by atoms with Crippen molar-refractivity contribution in [3.05, 3.63) is 59.3 Å². The van der Waals surface area contributed by atoms with Crippen molar-refractivity contribution < 1.29 is 4.79 Å². The number of aryl methyl sites for hydroxylation is 1. The van der Waals surface area contributed by atoms with Crippen molar-refractivity contribution in [2.24, 2.45) is 5.92 Å². The number of fused-ring (bicyclic) bond motifs is 1. The van der Waals surface area contributed by atoms with Gasteiger partial charge in [-0.1, -0.05) is 19.9 Å². The van der Waals surface area contributed by atoms with E-state index < -0.39 is 0 Å². The second-order valence-electron chi connectivity index (χ2n) is 8.34. The molecule has 164 valence electrons. The maximum absolute atomic E-state index is 12.5. The number of amides is 1. The van der Waals surface area contributed by atoms with Crippen molar-refractivity contribution >= 4 is 23.1 Å². The Kier molecular flexibility index (Phi) is 5.77. The highest BCUT2D eigenvalue weighted by atomic mass is 16.2. The van der Waals surface area contributed by atoms with Crippen LogP contribution in [-0.2, 0) is 17.9 Å². The van der Waals surface area contributed by atoms with Gasteiger partial charge in [-0.3, -0.25) is 9.48 Å². The summed E-state index contributed by atoms with van der Waals surface area (Å²) in [6, 6.07) is 7.36. The molecule has 0 aromatic carbocycles. The van der Waals surface area contributed by atoms with Crippen LogP contribution in [0.15, 0.2) is 36.8 Å². The summed E-state index contributed by atoms with van der Waals surface area (Å²) in [4.78, 5) is 23.2. The molecule has 2 N–H and O–H groups in total. The molecular formula is C23H26N8O. The smallest absolute Gasteiger partial charge is 0.247 e. The Balaban J connectivity index is 1.45. The van der Waals surface area contributed by atoms with Crippen molar-refractivity contribution in [1.29, 1.82) is 5.26 Å². The molecule has 0 bridgehead atoms. The Labute approximate surface area is 187 Å². The average molecular weight is 431 g/mol. The van der Waals surface area contributed by atoms with Crippen molar-refractivity contribution in [2.75, 3.05) is 22.6 Å². The maximum Gasteiger partial charge on any atom is 0.247 e. The molecule has 1 aliphatic rings. The van der Waals surface area contributed by atoms with Gasteiger partial charge in [0.1, 0.15) is 23.6 Å². The minimum atomic E-state index is -0.216. The molecule has 1 atom stereocenters. The second kappa shape index (κ2) is 8.67. The third-order valence-electron chi connectivity index (χ3n) is 5.57. The van der Waals surface area contributed by atoms with E-state index >= 15 is 0 Å². The summed E-state index contributed by atoms with van der Waals surface area (Å²) in [5.74, 6) is 0.941. The molecular weight excluding hydrogens is 404 g/mol. The molecule has 32 heavy (non-hydrogen) atoms. The van der Waals surface area contributed by atoms with Gasteiger partial charge < -0.3 is 15.5 Å². The van der Waals surface area contributed by atoms with Gasteiger partial charge >= 0.3 is 0 Å². The van der Waals surface area contributed by atoms with Gasteiger partial charge in [0.25, 0.3) is 0 Å². The standard InChI is InChI=1S/C23H26N8O/c1-14(2)22-23(32)29-21-15(3)28-20(7-19(21)30(22)4)26-10-17-11-27-31(13-17)12-16-5-6-18(8-24)25-9-16/h5-7,9,11,13-14,22H,10,12H2,1-4H3,(H,26,28)(H,29,32)/t22-/m0/s1. The monoisotopic (exact) mass is 430 g/mol. The lowest BCUT2D eigenvalue weighted by atomic mass is 9.98. The summed E-state index contributed by atoms with van der Waals surface area (Å²) in [6.45, 7) is 7.14. The van der Waals surface area contributed by atoms with Crippen LogP contribution in [0.4, 0.5) is 17.2 Å². The van der Waals surface area contributed by atoms with E-state index in [1.807, 2.05) is 68.0 Å². The number of nitrogens with zero attached hydrogens (tertiary/aromatic N) is 6. The number of carbonyl (C=O) groups is 1. The summed E-state index contributed by atoms with van der Waals surface area (Å²) < 4.78 is 1.84. The molecule has 3 aromatic heterocycles. The van der Waals surface area contributed by atoms with Crippen LogP contribution in [-0.4, -0.2) is 38.7 Å². The van der Waals surface area contributed by atoms with Crippen LogP contribution >= 0.6 is 0 Å². The highest BCUT2D eigenvalue weighted by Crippen LogP contribution is 2.36. The van der Waals surface area contributed by atoms with E-state index in [9.17, 15) is 4.79 Å². The molecule has 0 fully saturated rings. The van der Waals surface area contributed by atoms with Gasteiger partial charge in [0.05, 0.1) is 29.8 Å². The van der Waals surface area contributed by atoms with Crippen LogP contribution in [0.5, 0.6) is 0 Å². The van der Waals surface area contributed by atoms with Gasteiger partial charge in [-0.25, -0.2) is 9.97 Å². The number of hydrogen-bond donors (Lipinski definition) is 2. The molecule has 3 aromatic rings. The van der Waals surface area contributed by atoms with Crippen LogP contribution < -0.4 is 15.5 Å². The third kappa shape index (κ3) is 4.25. The molecule has 0 radical (unpaired) electrons. The molecule has 0 spiro atoms. The Morgan fingerprint density at radius 2 is 2.09 bits per heavy atom. The van der Waals surface area contributed by atoms with E-state index in [2.05, 4.69) is 25.7 Å². The predicted molar refractivity (Wildman–Crippen MR) is 122 cm³/mol. The van der Waals surface area contributed by atoms with Gasteiger partial charge in [0.2, 0.25) is 5.91 Å². The lowest BCUT2D eigenvalue weighted by Crippen LogP contribution is -2.49. The highest BCUT2D eigenvalue weighted by molar-refractivity contribution is 6.04. The van der Waals surface area contributed by atoms with E-state index in [0.29, 0.717) is 18.8 Å². The van der Waals surface area contributed by atoms with Crippen molar-refractivity contribution in [1.82, 2.24) is 19.7 Å². The van der Waals surface area contributed by atoms with E-state index in [0.717, 1.165) is 34.0 Å². The van der Waals surface area contributed by atoms with Gasteiger partial charge in [0, 0.05) is 37.6 Å². The molecule has 0 saturated carbocycles. The number of aromatic nitrogens is 4. The largest absolute Gasteiger partial charge is 0.366 e. The fourth-order valence-corrected chi connectivity index (χ4v) is 4.00. The summed E-state index contributed by atoms with van der Waals surface area (Å²) in [5.41, 5.74) is 4.90. The summed E-state index contributed by atoms with van der Waals surface area (Å²) in [6.07, 6.45) is 5.48. The number of hydrogen-bond acceptors (Lipinski definition) is 7. The van der Waals surface area contributed by atoms with Crippen LogP contribution in [0.3, 0.4) is 0 Å². The molecule has 4 rings (SSSR count). The zero-order chi connectivity index (χ0) is 22.8. The van der Waals surface area contributed by atoms with Gasteiger partial charge in [-0.15, -0.1) is 0 Å². The summed E-state index contributed by atoms with van der Waals surface area (Å²) in [7, 11) is 1.95. The average Bonchev–Trinajstić information content (AvgIpc) is 3.21. The Hall–Kier alpha value is -3.93. The predicted octanol–water partition coefficient (Wildman–Crippen LogP) is 2.93. The van der Waals surface area contributed by atoms with E-state index in [-0.39, 0.29) is 17.9 Å². The quantitative estimate of drug-likeness (QED) is 0.618. The molecule has 1 aliphatic heterocycles. The fraction of sp³-hybridized carbons (Fsp3) is 0.348. The number of nitrogens with one attached hydrogen (secondary N) is 2. The number of nitriles is 1. The van der Waals surface area contributed by atoms with E-state index in [1.54, 1.807) is 12.3 Å². The topological polar surface area (TPSA) is 112 Å². The third-order valence-corrected chi connectivity index (χ3v) is 5.57. The molecule has 9 nitrogen and oxygen atoms in total. The minimum Gasteiger partial charge on any atom is -0.366 e. The SMILES string of the molecule is Cc1nc(NCc2cnn(Cc3ccc(C#N)nc3)c2)cc2c1NC(=O)[C@H](C(C)C)N2C. The van der Waals surface area contributed by atoms with Crippen LogP contribution in [0.25, 0.3) is 0 Å². The van der Waals surface area contributed by atoms with Crippen molar-refractivity contribution in [3.63, 3.8) is 0 Å². The highest BCUT2D eigenvalue weighted by Gasteiger charge is 2.34. The number of carbonyl (C=O) groups excluding carboxylic acids is 1. The van der Waals surface area contributed by atoms with E-state index in [1.165, 1.54) is 0 Å². The Bertz CT molecular complexity index is 1180. The molecule has 1 amide bonds. The maximum atomic E-state index is 12.5. The lowest BCUT2D eigenvalue weighted by Gasteiger charge is -2.38. The van der Waals surface area contributed by atoms with Gasteiger partial charge in [-0.05, 0) is 24.5 Å². The lowest BCUT2D eigenvalue weighted by molar-refractivity contribution is -0.118. The van der Waals surface area contributed by atoms with Crippen molar-refractivity contribution in [3.8, 4) is 6.07 Å². The number of pyridine rings is 2. The number of likely N-dealkylation sites (N-methyl/N-ethyl adjacent to an activating group) is 1. The minimum absolute atomic E-state index is 0.00508. The zero-order valence-corrected chi connectivity index (χ0v) is 18.6. The number of rotatable bonds is 6. The zero-order valence-electron chi connectivity index (χ0n) is 18.6. The van der Waals surface area contributed by atoms with E-state index in [4.69, 9.17) is 5.26 Å². The number of anilines is 3. The molecule has 0 saturated heterocycles. The molecule has 9 heteroatoms. The second-order valence-corrected chi connectivity index (χ2v) is 8.34. The van der Waals surface area contributed by atoms with Gasteiger partial charge in [-0.2, -0.15) is 10.4 Å². The Morgan fingerprint density at radius 1 is 1.28 bits per heavy atom. The summed E-state index contributed by atoms with van der Waals surface area (Å²) >= 11 is 0. The first-order chi connectivity index (χ1) is 15.4. The van der Waals surface area contributed by atoms with Crippen LogP contribution in [0, 0.1) is 24.2 Å². The Morgan fingerprint density at radius 3 is 2.78 bits per heavy atom. The summed E-state index contributed by atoms with van der Waals surface area (Å²) in [5, 5.41) is 19.7. The van der Waals surface area contributed by atoms with Crippen molar-refractivity contribution in [2.45, 2.75) is 39.9 Å².